The van der Waals surface area contributed by atoms with Crippen molar-refractivity contribution in [3.05, 3.63) is 11.1 Å². The summed E-state index contributed by atoms with van der Waals surface area (Å²) in [5.41, 5.74) is 0.620. The molecule has 2 rings (SSSR count). The van der Waals surface area contributed by atoms with Crippen molar-refractivity contribution in [2.24, 2.45) is 5.92 Å². The van der Waals surface area contributed by atoms with E-state index in [0.717, 1.165) is 12.5 Å². The minimum Gasteiger partial charge on any atom is -0.466 e. The molecule has 0 spiro atoms. The quantitative estimate of drug-likeness (QED) is 0.706. The Hall–Kier alpha value is -1.18. The lowest BCUT2D eigenvalue weighted by Crippen LogP contribution is -2.29. The first-order chi connectivity index (χ1) is 9.67. The lowest BCUT2D eigenvalue weighted by Gasteiger charge is -2.03. The average molecular weight is 334 g/mol. The number of carbonyl (C=O) groups excluding carboxylic acids is 2. The molecule has 21 heavy (non-hydrogen) atoms. The fourth-order valence-electron chi connectivity index (χ4n) is 1.68. The Bertz CT molecular complexity index is 477. The highest BCUT2D eigenvalue weighted by Gasteiger charge is 2.20. The van der Waals surface area contributed by atoms with Crippen LogP contribution in [-0.4, -0.2) is 36.6 Å². The first-order valence-electron chi connectivity index (χ1n) is 6.78. The number of hydrogen-bond acceptors (Lipinski definition) is 6. The fourth-order valence-corrected chi connectivity index (χ4v) is 2.41. The molecule has 1 saturated carbocycles. The van der Waals surface area contributed by atoms with E-state index in [1.54, 1.807) is 12.3 Å². The van der Waals surface area contributed by atoms with Crippen LogP contribution in [0.15, 0.2) is 5.38 Å². The van der Waals surface area contributed by atoms with E-state index in [1.807, 2.05) is 0 Å². The summed E-state index contributed by atoms with van der Waals surface area (Å²) >= 11 is 1.31. The first kappa shape index (κ1) is 17.9. The van der Waals surface area contributed by atoms with Crippen molar-refractivity contribution in [3.8, 4) is 0 Å². The topological polar surface area (TPSA) is 80.3 Å². The number of nitrogens with one attached hydrogen (secondary N) is 2. The third kappa shape index (κ3) is 6.88. The summed E-state index contributed by atoms with van der Waals surface area (Å²) in [4.78, 5) is 27.1. The summed E-state index contributed by atoms with van der Waals surface area (Å²) in [6, 6.07) is 0. The van der Waals surface area contributed by atoms with Crippen molar-refractivity contribution in [1.29, 1.82) is 0 Å². The molecule has 1 amide bonds. The van der Waals surface area contributed by atoms with Crippen LogP contribution < -0.4 is 10.6 Å². The zero-order valence-corrected chi connectivity index (χ0v) is 13.5. The van der Waals surface area contributed by atoms with Crippen molar-refractivity contribution in [2.75, 3.05) is 25.0 Å². The van der Waals surface area contributed by atoms with Crippen LogP contribution in [0.25, 0.3) is 0 Å². The fraction of sp³-hybridized carbons (Fsp3) is 0.615. The second-order valence-electron chi connectivity index (χ2n) is 4.75. The molecule has 8 heteroatoms. The number of ether oxygens (including phenoxy) is 1. The number of nitrogens with zero attached hydrogens (tertiary/aromatic N) is 1. The Morgan fingerprint density at radius 2 is 2.24 bits per heavy atom. The van der Waals surface area contributed by atoms with E-state index < -0.39 is 0 Å². The lowest BCUT2D eigenvalue weighted by atomic mass is 10.3. The van der Waals surface area contributed by atoms with Gasteiger partial charge in [-0.1, -0.05) is 0 Å². The molecule has 0 aliphatic heterocycles. The number of rotatable bonds is 8. The molecule has 0 saturated heterocycles. The molecule has 0 unspecified atom stereocenters. The summed E-state index contributed by atoms with van der Waals surface area (Å²) < 4.78 is 4.85. The lowest BCUT2D eigenvalue weighted by molar-refractivity contribution is -0.142. The van der Waals surface area contributed by atoms with Crippen LogP contribution in [0, 0.1) is 5.92 Å². The van der Waals surface area contributed by atoms with Crippen LogP contribution >= 0.6 is 23.7 Å². The molecule has 2 N–H and O–H groups in total. The molecule has 1 heterocycles. The normalized spacial score (nSPS) is 13.4. The third-order valence-corrected chi connectivity index (χ3v) is 3.65. The maximum atomic E-state index is 11.6. The van der Waals surface area contributed by atoms with Crippen LogP contribution in [-0.2, 0) is 20.7 Å². The molecule has 1 aromatic heterocycles. The summed E-state index contributed by atoms with van der Waals surface area (Å²) in [6.07, 6.45) is 2.66. The van der Waals surface area contributed by atoms with Gasteiger partial charge in [0.25, 0.3) is 0 Å². The number of hydrogen-bond donors (Lipinski definition) is 2. The van der Waals surface area contributed by atoms with E-state index in [-0.39, 0.29) is 30.7 Å². The van der Waals surface area contributed by atoms with Gasteiger partial charge in [0.15, 0.2) is 5.13 Å². The van der Waals surface area contributed by atoms with Crippen molar-refractivity contribution < 1.29 is 14.3 Å². The second-order valence-corrected chi connectivity index (χ2v) is 5.61. The molecule has 0 aromatic carbocycles. The summed E-state index contributed by atoms with van der Waals surface area (Å²) in [5, 5.41) is 8.10. The van der Waals surface area contributed by atoms with E-state index in [2.05, 4.69) is 15.6 Å². The number of thiazole rings is 1. The molecule has 1 fully saturated rings. The molecule has 1 aliphatic carbocycles. The van der Waals surface area contributed by atoms with E-state index in [1.165, 1.54) is 24.2 Å². The number of carbonyl (C=O) groups is 2. The second kappa shape index (κ2) is 8.96. The molecule has 118 valence electrons. The van der Waals surface area contributed by atoms with Gasteiger partial charge in [-0.25, -0.2) is 4.98 Å². The highest BCUT2D eigenvalue weighted by atomic mass is 35.5. The Morgan fingerprint density at radius 3 is 2.90 bits per heavy atom. The van der Waals surface area contributed by atoms with Gasteiger partial charge in [-0.3, -0.25) is 9.59 Å². The predicted molar refractivity (Wildman–Crippen MR) is 83.9 cm³/mol. The smallest absolute Gasteiger partial charge is 0.311 e. The Morgan fingerprint density at radius 1 is 1.48 bits per heavy atom. The van der Waals surface area contributed by atoms with Gasteiger partial charge in [-0.2, -0.15) is 0 Å². The molecule has 0 bridgehead atoms. The van der Waals surface area contributed by atoms with Crippen molar-refractivity contribution >= 4 is 40.8 Å². The minimum absolute atomic E-state index is 0. The van der Waals surface area contributed by atoms with Crippen LogP contribution in [0.1, 0.15) is 25.5 Å². The monoisotopic (exact) mass is 333 g/mol. The van der Waals surface area contributed by atoms with Gasteiger partial charge in [0.2, 0.25) is 5.91 Å². The first-order valence-corrected chi connectivity index (χ1v) is 7.66. The number of aromatic nitrogens is 1. The largest absolute Gasteiger partial charge is 0.466 e. The zero-order chi connectivity index (χ0) is 14.4. The maximum absolute atomic E-state index is 11.6. The minimum atomic E-state index is -0.304. The van der Waals surface area contributed by atoms with Crippen LogP contribution in [0.4, 0.5) is 5.13 Å². The number of halogens is 1. The zero-order valence-electron chi connectivity index (χ0n) is 11.9. The molecular weight excluding hydrogens is 314 g/mol. The molecule has 1 aromatic rings. The van der Waals surface area contributed by atoms with Crippen LogP contribution in [0.5, 0.6) is 0 Å². The van der Waals surface area contributed by atoms with Crippen molar-refractivity contribution in [3.63, 3.8) is 0 Å². The molecule has 1 aliphatic rings. The summed E-state index contributed by atoms with van der Waals surface area (Å²) in [6.45, 7) is 3.32. The van der Waals surface area contributed by atoms with Gasteiger partial charge < -0.3 is 15.4 Å². The van der Waals surface area contributed by atoms with Gasteiger partial charge in [0.1, 0.15) is 0 Å². The Kier molecular flexibility index (Phi) is 7.63. The highest BCUT2D eigenvalue weighted by molar-refractivity contribution is 7.13. The van der Waals surface area contributed by atoms with Gasteiger partial charge in [-0.05, 0) is 32.2 Å². The van der Waals surface area contributed by atoms with Crippen LogP contribution in [0.3, 0.4) is 0 Å². The Balaban J connectivity index is 0.00000220. The maximum Gasteiger partial charge on any atom is 0.311 e. The SMILES string of the molecule is CCOC(=O)Cc1csc(NC(=O)CNCC2CC2)n1.Cl. The van der Waals surface area contributed by atoms with Gasteiger partial charge >= 0.3 is 5.97 Å². The van der Waals surface area contributed by atoms with Gasteiger partial charge in [0, 0.05) is 5.38 Å². The van der Waals surface area contributed by atoms with E-state index in [0.29, 0.717) is 24.0 Å². The van der Waals surface area contributed by atoms with Crippen LogP contribution in [0.2, 0.25) is 0 Å². The van der Waals surface area contributed by atoms with Crippen molar-refractivity contribution in [2.45, 2.75) is 26.2 Å². The van der Waals surface area contributed by atoms with E-state index >= 15 is 0 Å². The number of esters is 1. The van der Waals surface area contributed by atoms with E-state index in [9.17, 15) is 9.59 Å². The molecular formula is C13H20ClN3O3S. The molecule has 0 atom stereocenters. The average Bonchev–Trinajstić information content (AvgIpc) is 3.11. The summed E-state index contributed by atoms with van der Waals surface area (Å²) in [5.74, 6) is 0.336. The highest BCUT2D eigenvalue weighted by Crippen LogP contribution is 2.27. The third-order valence-electron chi connectivity index (χ3n) is 2.84. The standard InChI is InChI=1S/C13H19N3O3S.ClH/c1-2-19-12(18)5-10-8-20-13(15-10)16-11(17)7-14-6-9-3-4-9;/h8-9,14H,2-7H2,1H3,(H,15,16,17);1H. The van der Waals surface area contributed by atoms with E-state index in [4.69, 9.17) is 4.74 Å². The number of anilines is 1. The molecule has 0 radical (unpaired) electrons. The van der Waals surface area contributed by atoms with Crippen molar-refractivity contribution in [1.82, 2.24) is 10.3 Å². The van der Waals surface area contributed by atoms with Gasteiger partial charge in [0.05, 0.1) is 25.3 Å². The predicted octanol–water partition coefficient (Wildman–Crippen LogP) is 1.61. The summed E-state index contributed by atoms with van der Waals surface area (Å²) in [7, 11) is 0. The molecule has 6 nitrogen and oxygen atoms in total. The number of amides is 1. The van der Waals surface area contributed by atoms with Gasteiger partial charge in [-0.15, -0.1) is 23.7 Å². The Labute approximate surface area is 134 Å².